The van der Waals surface area contributed by atoms with E-state index in [4.69, 9.17) is 4.99 Å². The molecule has 0 radical (unpaired) electrons. The molecular formula is C23H21N3. The number of guanidine groups is 1. The number of anilines is 2. The summed E-state index contributed by atoms with van der Waals surface area (Å²) in [5.74, 6) is 1.10. The molecule has 0 spiro atoms. The number of benzene rings is 3. The molecule has 128 valence electrons. The SMILES string of the molecule is c1ccc(-c2ccc(CN3C4=NCCCN4c4ccccc43)cc2)cc1. The fourth-order valence-electron chi connectivity index (χ4n) is 3.85. The van der Waals surface area contributed by atoms with Gasteiger partial charge in [-0.25, -0.2) is 0 Å². The summed E-state index contributed by atoms with van der Waals surface area (Å²) in [5.41, 5.74) is 6.36. The Morgan fingerprint density at radius 2 is 1.42 bits per heavy atom. The average Bonchev–Trinajstić information content (AvgIpc) is 3.04. The van der Waals surface area contributed by atoms with Crippen LogP contribution >= 0.6 is 0 Å². The molecule has 0 fully saturated rings. The van der Waals surface area contributed by atoms with E-state index in [1.165, 1.54) is 28.1 Å². The number of fused-ring (bicyclic) bond motifs is 3. The topological polar surface area (TPSA) is 18.8 Å². The fourth-order valence-corrected chi connectivity index (χ4v) is 3.85. The molecular weight excluding hydrogens is 318 g/mol. The molecule has 3 aromatic rings. The van der Waals surface area contributed by atoms with Gasteiger partial charge in [0.25, 0.3) is 0 Å². The Bertz CT molecular complexity index is 945. The Labute approximate surface area is 154 Å². The first kappa shape index (κ1) is 15.2. The number of rotatable bonds is 3. The van der Waals surface area contributed by atoms with E-state index >= 15 is 0 Å². The Morgan fingerprint density at radius 3 is 2.23 bits per heavy atom. The van der Waals surface area contributed by atoms with E-state index in [9.17, 15) is 0 Å². The van der Waals surface area contributed by atoms with Gasteiger partial charge in [-0.2, -0.15) is 0 Å². The van der Waals surface area contributed by atoms with E-state index in [2.05, 4.69) is 88.7 Å². The van der Waals surface area contributed by atoms with Crippen molar-refractivity contribution in [2.24, 2.45) is 4.99 Å². The first-order chi connectivity index (χ1) is 12.9. The molecule has 3 heteroatoms. The zero-order valence-electron chi connectivity index (χ0n) is 14.7. The van der Waals surface area contributed by atoms with Crippen LogP contribution in [0.1, 0.15) is 12.0 Å². The van der Waals surface area contributed by atoms with E-state index in [0.29, 0.717) is 0 Å². The molecule has 0 bridgehead atoms. The number of hydrogen-bond acceptors (Lipinski definition) is 3. The van der Waals surface area contributed by atoms with Gasteiger partial charge in [-0.05, 0) is 35.2 Å². The third-order valence-electron chi connectivity index (χ3n) is 5.14. The monoisotopic (exact) mass is 339 g/mol. The van der Waals surface area contributed by atoms with E-state index < -0.39 is 0 Å². The van der Waals surface area contributed by atoms with Gasteiger partial charge < -0.3 is 9.80 Å². The van der Waals surface area contributed by atoms with E-state index in [1.807, 2.05) is 0 Å². The lowest BCUT2D eigenvalue weighted by Crippen LogP contribution is -2.41. The lowest BCUT2D eigenvalue weighted by Gasteiger charge is -2.27. The minimum atomic E-state index is 0.849. The molecule has 2 aliphatic rings. The highest BCUT2D eigenvalue weighted by Gasteiger charge is 2.33. The molecule has 0 atom stereocenters. The van der Waals surface area contributed by atoms with Crippen molar-refractivity contribution in [2.75, 3.05) is 22.9 Å². The summed E-state index contributed by atoms with van der Waals surface area (Å²) in [5, 5.41) is 0. The van der Waals surface area contributed by atoms with Crippen molar-refractivity contribution in [1.82, 2.24) is 0 Å². The van der Waals surface area contributed by atoms with E-state index in [-0.39, 0.29) is 0 Å². The maximum atomic E-state index is 4.82. The number of aliphatic imine (C=N–C) groups is 1. The Kier molecular flexibility index (Phi) is 3.71. The molecule has 3 nitrogen and oxygen atoms in total. The third kappa shape index (κ3) is 2.57. The second-order valence-electron chi connectivity index (χ2n) is 6.82. The van der Waals surface area contributed by atoms with Crippen molar-refractivity contribution in [3.63, 3.8) is 0 Å². The minimum absolute atomic E-state index is 0.849. The summed E-state index contributed by atoms with van der Waals surface area (Å²) >= 11 is 0. The van der Waals surface area contributed by atoms with Crippen LogP contribution in [0.2, 0.25) is 0 Å². The zero-order valence-corrected chi connectivity index (χ0v) is 14.7. The molecule has 0 aromatic heterocycles. The summed E-state index contributed by atoms with van der Waals surface area (Å²) in [6, 6.07) is 28.1. The van der Waals surface area contributed by atoms with Gasteiger partial charge in [-0.15, -0.1) is 0 Å². The van der Waals surface area contributed by atoms with Crippen molar-refractivity contribution >= 4 is 17.3 Å². The van der Waals surface area contributed by atoms with Crippen LogP contribution in [0.25, 0.3) is 11.1 Å². The maximum Gasteiger partial charge on any atom is 0.206 e. The van der Waals surface area contributed by atoms with Crippen LogP contribution in [0, 0.1) is 0 Å². The third-order valence-corrected chi connectivity index (χ3v) is 5.14. The number of para-hydroxylation sites is 2. The molecule has 2 heterocycles. The highest BCUT2D eigenvalue weighted by Crippen LogP contribution is 2.39. The largest absolute Gasteiger partial charge is 0.310 e. The first-order valence-corrected chi connectivity index (χ1v) is 9.23. The Hall–Kier alpha value is -3.07. The van der Waals surface area contributed by atoms with Gasteiger partial charge in [0.1, 0.15) is 0 Å². The molecule has 3 aromatic carbocycles. The molecule has 0 saturated carbocycles. The number of hydrogen-bond donors (Lipinski definition) is 0. The quantitative estimate of drug-likeness (QED) is 0.673. The summed E-state index contributed by atoms with van der Waals surface area (Å²) in [4.78, 5) is 9.53. The lowest BCUT2D eigenvalue weighted by atomic mass is 10.0. The predicted molar refractivity (Wildman–Crippen MR) is 109 cm³/mol. The highest BCUT2D eigenvalue weighted by molar-refractivity contribution is 6.16. The van der Waals surface area contributed by atoms with Gasteiger partial charge >= 0.3 is 0 Å². The van der Waals surface area contributed by atoms with Gasteiger partial charge in [-0.1, -0.05) is 66.7 Å². The lowest BCUT2D eigenvalue weighted by molar-refractivity contribution is 0.784. The molecule has 26 heavy (non-hydrogen) atoms. The van der Waals surface area contributed by atoms with Gasteiger partial charge in [0.2, 0.25) is 5.96 Å². The van der Waals surface area contributed by atoms with E-state index in [0.717, 1.165) is 32.0 Å². The molecule has 5 rings (SSSR count). The average molecular weight is 339 g/mol. The molecule has 0 unspecified atom stereocenters. The molecule has 0 N–H and O–H groups in total. The Balaban J connectivity index is 1.45. The van der Waals surface area contributed by atoms with Gasteiger partial charge in [0.15, 0.2) is 0 Å². The molecule has 0 amide bonds. The van der Waals surface area contributed by atoms with Crippen LogP contribution in [-0.4, -0.2) is 19.0 Å². The number of nitrogens with zero attached hydrogens (tertiary/aromatic N) is 3. The van der Waals surface area contributed by atoms with Crippen LogP contribution < -0.4 is 9.80 Å². The predicted octanol–water partition coefficient (Wildman–Crippen LogP) is 4.94. The molecule has 2 aliphatic heterocycles. The normalized spacial score (nSPS) is 15.5. The van der Waals surface area contributed by atoms with Gasteiger partial charge in [-0.3, -0.25) is 4.99 Å². The fraction of sp³-hybridized carbons (Fsp3) is 0.174. The van der Waals surface area contributed by atoms with E-state index in [1.54, 1.807) is 0 Å². The summed E-state index contributed by atoms with van der Waals surface area (Å²) in [7, 11) is 0. The summed E-state index contributed by atoms with van der Waals surface area (Å²) < 4.78 is 0. The highest BCUT2D eigenvalue weighted by atomic mass is 15.4. The van der Waals surface area contributed by atoms with Crippen molar-refractivity contribution in [1.29, 1.82) is 0 Å². The maximum absolute atomic E-state index is 4.82. The van der Waals surface area contributed by atoms with Crippen LogP contribution in [0.4, 0.5) is 11.4 Å². The first-order valence-electron chi connectivity index (χ1n) is 9.23. The van der Waals surface area contributed by atoms with Gasteiger partial charge in [0.05, 0.1) is 17.9 Å². The summed E-state index contributed by atoms with van der Waals surface area (Å²) in [6.07, 6.45) is 1.12. The van der Waals surface area contributed by atoms with Crippen molar-refractivity contribution < 1.29 is 0 Å². The van der Waals surface area contributed by atoms with Crippen LogP contribution in [0.15, 0.2) is 83.9 Å². The summed E-state index contributed by atoms with van der Waals surface area (Å²) in [6.45, 7) is 2.82. The zero-order chi connectivity index (χ0) is 17.3. The minimum Gasteiger partial charge on any atom is -0.310 e. The van der Waals surface area contributed by atoms with Crippen LogP contribution in [0.5, 0.6) is 0 Å². The standard InChI is InChI=1S/C23H21N3/c1-2-7-19(8-3-1)20-13-11-18(12-14-20)17-26-22-10-5-4-9-21(22)25-16-6-15-24-23(25)26/h1-5,7-14H,6,15-17H2. The smallest absolute Gasteiger partial charge is 0.206 e. The van der Waals surface area contributed by atoms with Crippen LogP contribution in [-0.2, 0) is 6.54 Å². The second kappa shape index (κ2) is 6.34. The molecule has 0 aliphatic carbocycles. The van der Waals surface area contributed by atoms with Gasteiger partial charge in [0, 0.05) is 13.1 Å². The van der Waals surface area contributed by atoms with Crippen LogP contribution in [0.3, 0.4) is 0 Å². The Morgan fingerprint density at radius 1 is 0.731 bits per heavy atom. The molecule has 0 saturated heterocycles. The van der Waals surface area contributed by atoms with Crippen molar-refractivity contribution in [2.45, 2.75) is 13.0 Å². The second-order valence-corrected chi connectivity index (χ2v) is 6.82. The van der Waals surface area contributed by atoms with Crippen molar-refractivity contribution in [3.05, 3.63) is 84.4 Å². The van der Waals surface area contributed by atoms with Crippen molar-refractivity contribution in [3.8, 4) is 11.1 Å².